The third kappa shape index (κ3) is 4.92. The fourth-order valence-electron chi connectivity index (χ4n) is 4.35. The molecule has 0 unspecified atom stereocenters. The Morgan fingerprint density at radius 1 is 0.865 bits per heavy atom. The zero-order valence-corrected chi connectivity index (χ0v) is 20.1. The van der Waals surface area contributed by atoms with Crippen LogP contribution in [0.1, 0.15) is 22.7 Å². The number of ether oxygens (including phenoxy) is 2. The summed E-state index contributed by atoms with van der Waals surface area (Å²) in [6, 6.07) is 25.9. The van der Waals surface area contributed by atoms with Crippen LogP contribution in [0, 0.1) is 0 Å². The topological polar surface area (TPSA) is 89.0 Å². The van der Waals surface area contributed by atoms with E-state index in [1.54, 1.807) is 74.1 Å². The first-order valence-corrected chi connectivity index (χ1v) is 11.7. The molecule has 7 heteroatoms. The van der Waals surface area contributed by atoms with Gasteiger partial charge in [-0.05, 0) is 71.8 Å². The molecule has 1 saturated heterocycles. The molecule has 1 atom stereocenters. The highest BCUT2D eigenvalue weighted by atomic mass is 16.5. The van der Waals surface area contributed by atoms with E-state index < -0.39 is 17.7 Å². The average molecular weight is 493 g/mol. The monoisotopic (exact) mass is 492 g/mol. The van der Waals surface area contributed by atoms with E-state index in [0.717, 1.165) is 5.56 Å². The number of pyridine rings is 1. The van der Waals surface area contributed by atoms with Crippen LogP contribution >= 0.6 is 0 Å². The van der Waals surface area contributed by atoms with Crippen molar-refractivity contribution in [2.45, 2.75) is 12.6 Å². The first kappa shape index (κ1) is 23.8. The fourth-order valence-corrected chi connectivity index (χ4v) is 4.35. The average Bonchev–Trinajstić information content (AvgIpc) is 3.19. The first-order valence-electron chi connectivity index (χ1n) is 11.7. The lowest BCUT2D eigenvalue weighted by molar-refractivity contribution is -0.140. The minimum atomic E-state index is -0.824. The molecule has 0 radical (unpaired) electrons. The predicted molar refractivity (Wildman–Crippen MR) is 138 cm³/mol. The van der Waals surface area contributed by atoms with Crippen molar-refractivity contribution >= 4 is 17.4 Å². The van der Waals surface area contributed by atoms with Crippen molar-refractivity contribution < 1.29 is 24.2 Å². The van der Waals surface area contributed by atoms with Crippen LogP contribution in [0.4, 0.5) is 0 Å². The van der Waals surface area contributed by atoms with E-state index in [1.807, 2.05) is 36.4 Å². The first-order chi connectivity index (χ1) is 18.0. The molecule has 1 aliphatic rings. The van der Waals surface area contributed by atoms with Crippen molar-refractivity contribution in [3.8, 4) is 17.2 Å². The molecule has 1 amide bonds. The molecular weight excluding hydrogens is 468 g/mol. The van der Waals surface area contributed by atoms with Gasteiger partial charge in [-0.25, -0.2) is 0 Å². The maximum absolute atomic E-state index is 13.3. The molecule has 4 aromatic rings. The maximum Gasteiger partial charge on any atom is 0.295 e. The number of nitrogens with zero attached hydrogens (tertiary/aromatic N) is 2. The van der Waals surface area contributed by atoms with Gasteiger partial charge in [0, 0.05) is 24.5 Å². The summed E-state index contributed by atoms with van der Waals surface area (Å²) < 4.78 is 11.2. The quantitative estimate of drug-likeness (QED) is 0.208. The standard InChI is InChI=1S/C30H24N2O5/c1-36-23-12-10-21(11-13-23)28(33)26-27(32(30(35)29(26)34)19-20-14-16-31-17-15-20)22-6-5-9-25(18-22)37-24-7-3-2-4-8-24/h2-18,27,33H,19H2,1H3/t27-/m1/s1. The number of aliphatic hydroxyl groups excluding tert-OH is 1. The zero-order chi connectivity index (χ0) is 25.8. The van der Waals surface area contributed by atoms with E-state index in [9.17, 15) is 14.7 Å². The SMILES string of the molecule is COc1ccc(C(O)=C2C(=O)C(=O)N(Cc3ccncc3)[C@@H]2c2cccc(Oc3ccccc3)c2)cc1. The number of likely N-dealkylation sites (tertiary alicyclic amines) is 1. The molecule has 37 heavy (non-hydrogen) atoms. The number of ketones is 1. The van der Waals surface area contributed by atoms with Crippen LogP contribution in [-0.4, -0.2) is 33.8 Å². The van der Waals surface area contributed by atoms with Gasteiger partial charge in [-0.1, -0.05) is 30.3 Å². The molecule has 184 valence electrons. The number of methoxy groups -OCH3 is 1. The summed E-state index contributed by atoms with van der Waals surface area (Å²) in [5, 5.41) is 11.3. The van der Waals surface area contributed by atoms with Gasteiger partial charge in [-0.3, -0.25) is 14.6 Å². The largest absolute Gasteiger partial charge is 0.507 e. The fraction of sp³-hybridized carbons (Fsp3) is 0.100. The van der Waals surface area contributed by atoms with Gasteiger partial charge < -0.3 is 19.5 Å². The second-order valence-electron chi connectivity index (χ2n) is 8.50. The summed E-state index contributed by atoms with van der Waals surface area (Å²) in [7, 11) is 1.55. The zero-order valence-electron chi connectivity index (χ0n) is 20.1. The maximum atomic E-state index is 13.3. The van der Waals surface area contributed by atoms with Crippen molar-refractivity contribution in [1.29, 1.82) is 0 Å². The van der Waals surface area contributed by atoms with E-state index in [4.69, 9.17) is 9.47 Å². The molecule has 1 N–H and O–H groups in total. The minimum absolute atomic E-state index is 0.0149. The number of amides is 1. The third-order valence-corrected chi connectivity index (χ3v) is 6.16. The Morgan fingerprint density at radius 3 is 2.27 bits per heavy atom. The highest BCUT2D eigenvalue weighted by Gasteiger charge is 2.46. The van der Waals surface area contributed by atoms with Crippen molar-refractivity contribution in [3.63, 3.8) is 0 Å². The summed E-state index contributed by atoms with van der Waals surface area (Å²) >= 11 is 0. The van der Waals surface area contributed by atoms with Crippen molar-refractivity contribution in [1.82, 2.24) is 9.88 Å². The molecule has 3 aromatic carbocycles. The van der Waals surface area contributed by atoms with Crippen LogP contribution in [0.15, 0.2) is 109 Å². The Hall–Kier alpha value is -4.91. The summed E-state index contributed by atoms with van der Waals surface area (Å²) in [5.74, 6) is 0.119. The van der Waals surface area contributed by atoms with Gasteiger partial charge in [0.05, 0.1) is 18.7 Å². The number of Topliss-reactive ketones (excluding diaryl/α,β-unsaturated/α-hetero) is 1. The van der Waals surface area contributed by atoms with E-state index in [0.29, 0.717) is 28.4 Å². The molecular formula is C30H24N2O5. The Bertz CT molecular complexity index is 1450. The molecule has 0 aliphatic carbocycles. The number of benzene rings is 3. The van der Waals surface area contributed by atoms with Gasteiger partial charge in [0.15, 0.2) is 0 Å². The van der Waals surface area contributed by atoms with Crippen LogP contribution in [0.5, 0.6) is 17.2 Å². The van der Waals surface area contributed by atoms with Gasteiger partial charge in [0.2, 0.25) is 0 Å². The summed E-state index contributed by atoms with van der Waals surface area (Å²) in [6.07, 6.45) is 3.26. The number of aliphatic hydroxyl groups is 1. The summed E-state index contributed by atoms with van der Waals surface area (Å²) in [4.78, 5) is 32.1. The molecule has 1 fully saturated rings. The summed E-state index contributed by atoms with van der Waals surface area (Å²) in [6.45, 7) is 0.168. The number of carbonyl (C=O) groups excluding carboxylic acids is 2. The lowest BCUT2D eigenvalue weighted by atomic mass is 9.95. The van der Waals surface area contributed by atoms with Gasteiger partial charge in [-0.15, -0.1) is 0 Å². The number of para-hydroxylation sites is 1. The normalized spacial score (nSPS) is 16.6. The molecule has 5 rings (SSSR count). The number of carbonyl (C=O) groups is 2. The van der Waals surface area contributed by atoms with Gasteiger partial charge >= 0.3 is 0 Å². The van der Waals surface area contributed by atoms with Crippen LogP contribution < -0.4 is 9.47 Å². The Morgan fingerprint density at radius 2 is 1.57 bits per heavy atom. The van der Waals surface area contributed by atoms with E-state index in [1.165, 1.54) is 4.90 Å². The second kappa shape index (κ2) is 10.4. The van der Waals surface area contributed by atoms with Crippen molar-refractivity contribution in [2.24, 2.45) is 0 Å². The predicted octanol–water partition coefficient (Wildman–Crippen LogP) is 5.50. The molecule has 1 aliphatic heterocycles. The van der Waals surface area contributed by atoms with Crippen LogP contribution in [-0.2, 0) is 16.1 Å². The van der Waals surface area contributed by atoms with Gasteiger partial charge in [-0.2, -0.15) is 0 Å². The number of hydrogen-bond donors (Lipinski definition) is 1. The highest BCUT2D eigenvalue weighted by molar-refractivity contribution is 6.46. The lowest BCUT2D eigenvalue weighted by Crippen LogP contribution is -2.29. The van der Waals surface area contributed by atoms with Gasteiger partial charge in [0.1, 0.15) is 23.0 Å². The molecule has 1 aromatic heterocycles. The number of rotatable bonds is 7. The van der Waals surface area contributed by atoms with Crippen LogP contribution in [0.25, 0.3) is 5.76 Å². The highest BCUT2D eigenvalue weighted by Crippen LogP contribution is 2.41. The van der Waals surface area contributed by atoms with Crippen LogP contribution in [0.2, 0.25) is 0 Å². The molecule has 0 saturated carbocycles. The van der Waals surface area contributed by atoms with Crippen molar-refractivity contribution in [3.05, 3.63) is 126 Å². The van der Waals surface area contributed by atoms with Gasteiger partial charge in [0.25, 0.3) is 11.7 Å². The second-order valence-corrected chi connectivity index (χ2v) is 8.50. The molecule has 0 spiro atoms. The van der Waals surface area contributed by atoms with E-state index >= 15 is 0 Å². The minimum Gasteiger partial charge on any atom is -0.507 e. The molecule has 0 bridgehead atoms. The Balaban J connectivity index is 1.60. The Kier molecular flexibility index (Phi) is 6.68. The Labute approximate surface area is 214 Å². The van der Waals surface area contributed by atoms with E-state index in [2.05, 4.69) is 4.98 Å². The summed E-state index contributed by atoms with van der Waals surface area (Å²) in [5.41, 5.74) is 1.87. The molecule has 7 nitrogen and oxygen atoms in total. The number of aromatic nitrogens is 1. The van der Waals surface area contributed by atoms with Crippen molar-refractivity contribution in [2.75, 3.05) is 7.11 Å². The molecule has 2 heterocycles. The van der Waals surface area contributed by atoms with Crippen LogP contribution in [0.3, 0.4) is 0 Å². The number of hydrogen-bond acceptors (Lipinski definition) is 6. The lowest BCUT2D eigenvalue weighted by Gasteiger charge is -2.25. The third-order valence-electron chi connectivity index (χ3n) is 6.16. The smallest absolute Gasteiger partial charge is 0.295 e. The van der Waals surface area contributed by atoms with E-state index in [-0.39, 0.29) is 17.9 Å².